The van der Waals surface area contributed by atoms with E-state index in [9.17, 15) is 9.90 Å². The van der Waals surface area contributed by atoms with E-state index >= 15 is 0 Å². The molecule has 1 aromatic carbocycles. The van der Waals surface area contributed by atoms with E-state index in [4.69, 9.17) is 4.52 Å². The first-order chi connectivity index (χ1) is 13.3. The van der Waals surface area contributed by atoms with E-state index in [1.54, 1.807) is 11.8 Å². The number of nitrogens with zero attached hydrogens (tertiary/aromatic N) is 4. The Labute approximate surface area is 166 Å². The van der Waals surface area contributed by atoms with Gasteiger partial charge in [-0.15, -0.1) is 0 Å². The quantitative estimate of drug-likeness (QED) is 0.787. The molecule has 1 N–H and O–H groups in total. The molecule has 152 valence electrons. The van der Waals surface area contributed by atoms with Crippen LogP contribution in [-0.4, -0.2) is 56.7 Å². The summed E-state index contributed by atoms with van der Waals surface area (Å²) in [4.78, 5) is 20.8. The van der Waals surface area contributed by atoms with E-state index in [0.717, 1.165) is 12.0 Å². The Morgan fingerprint density at radius 1 is 1.32 bits per heavy atom. The Balaban J connectivity index is 1.63. The number of rotatable bonds is 7. The van der Waals surface area contributed by atoms with Gasteiger partial charge in [-0.1, -0.05) is 43.3 Å². The molecule has 7 nitrogen and oxygen atoms in total. The molecule has 1 atom stereocenters. The summed E-state index contributed by atoms with van der Waals surface area (Å²) in [6, 6.07) is 8.36. The molecule has 0 aliphatic carbocycles. The van der Waals surface area contributed by atoms with Crippen molar-refractivity contribution in [2.75, 3.05) is 20.1 Å². The SMILES string of the molecule is Cc1noc(CN(C)CC2(O)CCCN(Cc3ccc(C(C)C)cc3)C2=O)n1. The highest BCUT2D eigenvalue weighted by Gasteiger charge is 2.43. The minimum Gasteiger partial charge on any atom is -0.379 e. The fourth-order valence-electron chi connectivity index (χ4n) is 3.73. The predicted octanol–water partition coefficient (Wildman–Crippen LogP) is 2.49. The van der Waals surface area contributed by atoms with E-state index in [1.807, 2.05) is 11.9 Å². The van der Waals surface area contributed by atoms with Crippen LogP contribution < -0.4 is 0 Å². The zero-order valence-corrected chi connectivity index (χ0v) is 17.2. The summed E-state index contributed by atoms with van der Waals surface area (Å²) in [5.74, 6) is 1.33. The number of aryl methyl sites for hydroxylation is 1. The summed E-state index contributed by atoms with van der Waals surface area (Å²) in [6.45, 7) is 7.90. The molecule has 7 heteroatoms. The second-order valence-corrected chi connectivity index (χ2v) is 8.17. The highest BCUT2D eigenvalue weighted by atomic mass is 16.5. The van der Waals surface area contributed by atoms with Crippen LogP contribution in [0.3, 0.4) is 0 Å². The van der Waals surface area contributed by atoms with Crippen molar-refractivity contribution in [3.63, 3.8) is 0 Å². The molecule has 28 heavy (non-hydrogen) atoms. The summed E-state index contributed by atoms with van der Waals surface area (Å²) in [7, 11) is 1.84. The number of benzene rings is 1. The molecule has 0 spiro atoms. The number of carbonyl (C=O) groups excluding carboxylic acids is 1. The molecule has 1 aliphatic rings. The third-order valence-corrected chi connectivity index (χ3v) is 5.23. The van der Waals surface area contributed by atoms with Gasteiger partial charge in [0, 0.05) is 19.6 Å². The Bertz CT molecular complexity index is 802. The summed E-state index contributed by atoms with van der Waals surface area (Å²) >= 11 is 0. The second-order valence-electron chi connectivity index (χ2n) is 8.17. The smallest absolute Gasteiger partial charge is 0.256 e. The molecule has 3 rings (SSSR count). The molecule has 1 saturated heterocycles. The zero-order valence-electron chi connectivity index (χ0n) is 17.2. The molecule has 1 unspecified atom stereocenters. The third-order valence-electron chi connectivity index (χ3n) is 5.23. The van der Waals surface area contributed by atoms with Gasteiger partial charge in [-0.2, -0.15) is 4.98 Å². The van der Waals surface area contributed by atoms with Gasteiger partial charge in [-0.05, 0) is 43.9 Å². The molecule has 0 bridgehead atoms. The van der Waals surface area contributed by atoms with E-state index in [2.05, 4.69) is 48.3 Å². The van der Waals surface area contributed by atoms with Gasteiger partial charge in [0.05, 0.1) is 6.54 Å². The monoisotopic (exact) mass is 386 g/mol. The Hall–Kier alpha value is -2.25. The van der Waals surface area contributed by atoms with Gasteiger partial charge in [-0.3, -0.25) is 9.69 Å². The molecule has 2 aromatic rings. The minimum atomic E-state index is -1.39. The lowest BCUT2D eigenvalue weighted by Crippen LogP contribution is -2.57. The van der Waals surface area contributed by atoms with Gasteiger partial charge in [0.2, 0.25) is 5.89 Å². The van der Waals surface area contributed by atoms with Crippen molar-refractivity contribution in [1.82, 2.24) is 19.9 Å². The number of carbonyl (C=O) groups is 1. The van der Waals surface area contributed by atoms with Crippen molar-refractivity contribution in [3.8, 4) is 0 Å². The number of likely N-dealkylation sites (tertiary alicyclic amines) is 1. The topological polar surface area (TPSA) is 82.7 Å². The predicted molar refractivity (Wildman–Crippen MR) is 106 cm³/mol. The maximum atomic E-state index is 13.0. The third kappa shape index (κ3) is 4.77. The zero-order chi connectivity index (χ0) is 20.3. The lowest BCUT2D eigenvalue weighted by atomic mass is 9.90. The van der Waals surface area contributed by atoms with Crippen molar-refractivity contribution in [1.29, 1.82) is 0 Å². The van der Waals surface area contributed by atoms with Crippen LogP contribution in [0.5, 0.6) is 0 Å². The highest BCUT2D eigenvalue weighted by Crippen LogP contribution is 2.26. The van der Waals surface area contributed by atoms with Crippen LogP contribution in [0.25, 0.3) is 0 Å². The number of aliphatic hydroxyl groups is 1. The van der Waals surface area contributed by atoms with Gasteiger partial charge < -0.3 is 14.5 Å². The molecule has 0 saturated carbocycles. The first kappa shape index (κ1) is 20.5. The number of hydrogen-bond donors (Lipinski definition) is 1. The van der Waals surface area contributed by atoms with Crippen LogP contribution in [0.15, 0.2) is 28.8 Å². The number of amides is 1. The molecule has 2 heterocycles. The van der Waals surface area contributed by atoms with E-state index < -0.39 is 5.60 Å². The van der Waals surface area contributed by atoms with E-state index in [1.165, 1.54) is 5.56 Å². The first-order valence-corrected chi connectivity index (χ1v) is 9.85. The van der Waals surface area contributed by atoms with Crippen molar-refractivity contribution < 1.29 is 14.4 Å². The average molecular weight is 386 g/mol. The maximum absolute atomic E-state index is 13.0. The molecule has 1 aliphatic heterocycles. The van der Waals surface area contributed by atoms with Crippen molar-refractivity contribution in [2.24, 2.45) is 0 Å². The fourth-order valence-corrected chi connectivity index (χ4v) is 3.73. The van der Waals surface area contributed by atoms with E-state index in [0.29, 0.717) is 43.7 Å². The molecular weight excluding hydrogens is 356 g/mol. The van der Waals surface area contributed by atoms with Crippen LogP contribution in [-0.2, 0) is 17.9 Å². The maximum Gasteiger partial charge on any atom is 0.256 e. The van der Waals surface area contributed by atoms with Gasteiger partial charge in [0.1, 0.15) is 0 Å². The van der Waals surface area contributed by atoms with Crippen LogP contribution >= 0.6 is 0 Å². The first-order valence-electron chi connectivity index (χ1n) is 9.85. The van der Waals surface area contributed by atoms with Gasteiger partial charge >= 0.3 is 0 Å². The standard InChI is InChI=1S/C21H30N4O3/c1-15(2)18-8-6-17(7-9-18)12-25-11-5-10-21(27,20(25)26)14-24(4)13-19-22-16(3)23-28-19/h6-9,15,27H,5,10-14H2,1-4H3. The number of aromatic nitrogens is 2. The van der Waals surface area contributed by atoms with Crippen molar-refractivity contribution >= 4 is 5.91 Å². The molecule has 0 radical (unpaired) electrons. The minimum absolute atomic E-state index is 0.208. The Morgan fingerprint density at radius 2 is 2.04 bits per heavy atom. The summed E-state index contributed by atoms with van der Waals surface area (Å²) in [6.07, 6.45) is 1.24. The number of piperidine rings is 1. The van der Waals surface area contributed by atoms with Gasteiger partial charge in [0.25, 0.3) is 5.91 Å². The molecule has 1 fully saturated rings. The molecule has 1 amide bonds. The van der Waals surface area contributed by atoms with E-state index in [-0.39, 0.29) is 12.5 Å². The lowest BCUT2D eigenvalue weighted by molar-refractivity contribution is -0.160. The number of likely N-dealkylation sites (N-methyl/N-ethyl adjacent to an activating group) is 1. The van der Waals surface area contributed by atoms with Crippen LogP contribution in [0, 0.1) is 6.92 Å². The van der Waals surface area contributed by atoms with Gasteiger partial charge in [-0.25, -0.2) is 0 Å². The Morgan fingerprint density at radius 3 is 2.64 bits per heavy atom. The molecular formula is C21H30N4O3. The van der Waals surface area contributed by atoms with Crippen molar-refractivity contribution in [2.45, 2.75) is 58.2 Å². The normalized spacial score (nSPS) is 20.4. The van der Waals surface area contributed by atoms with Crippen LogP contribution in [0.1, 0.15) is 55.4 Å². The second kappa shape index (κ2) is 8.41. The highest BCUT2D eigenvalue weighted by molar-refractivity contribution is 5.86. The van der Waals surface area contributed by atoms with Crippen LogP contribution in [0.4, 0.5) is 0 Å². The summed E-state index contributed by atoms with van der Waals surface area (Å²) in [5.41, 5.74) is 0.972. The largest absolute Gasteiger partial charge is 0.379 e. The fraction of sp³-hybridized carbons (Fsp3) is 0.571. The Kier molecular flexibility index (Phi) is 6.15. The average Bonchev–Trinajstić information content (AvgIpc) is 3.04. The number of hydrogen-bond acceptors (Lipinski definition) is 6. The lowest BCUT2D eigenvalue weighted by Gasteiger charge is -2.40. The van der Waals surface area contributed by atoms with Crippen molar-refractivity contribution in [3.05, 3.63) is 47.1 Å². The molecule has 1 aromatic heterocycles. The summed E-state index contributed by atoms with van der Waals surface area (Å²) < 4.78 is 5.13. The van der Waals surface area contributed by atoms with Gasteiger partial charge in [0.15, 0.2) is 11.4 Å². The summed E-state index contributed by atoms with van der Waals surface area (Å²) in [5, 5.41) is 14.8. The van der Waals surface area contributed by atoms with Crippen LogP contribution in [0.2, 0.25) is 0 Å².